The maximum absolute atomic E-state index is 10.6. The molecule has 0 aliphatic carbocycles. The third-order valence-electron chi connectivity index (χ3n) is 2.34. The third-order valence-corrected chi connectivity index (χ3v) is 2.34. The molecule has 0 saturated carbocycles. The van der Waals surface area contributed by atoms with E-state index in [1.54, 1.807) is 13.0 Å². The summed E-state index contributed by atoms with van der Waals surface area (Å²) in [6.45, 7) is 6.43. The van der Waals surface area contributed by atoms with Gasteiger partial charge < -0.3 is 10.6 Å². The fraction of sp³-hybridized carbons (Fsp3) is 0.545. The Balaban J connectivity index is 2.45. The van der Waals surface area contributed by atoms with Crippen LogP contribution in [0.15, 0.2) is 12.1 Å². The molecule has 0 amide bonds. The lowest BCUT2D eigenvalue weighted by atomic mass is 10.3. The molecule has 6 heteroatoms. The number of rotatable bonds is 7. The molecule has 0 bridgehead atoms. The van der Waals surface area contributed by atoms with E-state index >= 15 is 0 Å². The highest BCUT2D eigenvalue weighted by Crippen LogP contribution is 2.17. The number of pyridine rings is 1. The second-order valence-corrected chi connectivity index (χ2v) is 3.69. The zero-order valence-electron chi connectivity index (χ0n) is 10.2. The van der Waals surface area contributed by atoms with Crippen molar-refractivity contribution >= 4 is 11.5 Å². The molecule has 0 radical (unpaired) electrons. The number of nitrogens with zero attached hydrogens (tertiary/aromatic N) is 2. The number of nitrogens with one attached hydrogen (secondary N) is 2. The minimum Gasteiger partial charge on any atom is -0.370 e. The molecule has 0 saturated heterocycles. The standard InChI is InChI=1S/C11H18N4O2/c1-3-12-7-4-8-13-11-6-5-10(15(16)17)9(2)14-11/h5-6,12H,3-4,7-8H2,1-2H3,(H,13,14). The molecule has 0 aliphatic heterocycles. The first-order valence-electron chi connectivity index (χ1n) is 5.71. The van der Waals surface area contributed by atoms with Gasteiger partial charge in [-0.25, -0.2) is 4.98 Å². The summed E-state index contributed by atoms with van der Waals surface area (Å²) in [5.74, 6) is 0.685. The number of nitro groups is 1. The average Bonchev–Trinajstić information content (AvgIpc) is 2.28. The van der Waals surface area contributed by atoms with E-state index in [2.05, 4.69) is 22.5 Å². The van der Waals surface area contributed by atoms with Crippen LogP contribution in [-0.2, 0) is 0 Å². The molecular formula is C11H18N4O2. The van der Waals surface area contributed by atoms with Crippen LogP contribution in [0.5, 0.6) is 0 Å². The lowest BCUT2D eigenvalue weighted by Gasteiger charge is -2.06. The predicted octanol–water partition coefficient (Wildman–Crippen LogP) is 1.71. The quantitative estimate of drug-likeness (QED) is 0.429. The molecule has 1 rings (SSSR count). The van der Waals surface area contributed by atoms with Crippen LogP contribution < -0.4 is 10.6 Å². The van der Waals surface area contributed by atoms with Crippen LogP contribution in [0.25, 0.3) is 0 Å². The smallest absolute Gasteiger partial charge is 0.290 e. The van der Waals surface area contributed by atoms with Crippen molar-refractivity contribution < 1.29 is 4.92 Å². The van der Waals surface area contributed by atoms with Crippen molar-refractivity contribution in [1.82, 2.24) is 10.3 Å². The number of aryl methyl sites for hydroxylation is 1. The SMILES string of the molecule is CCNCCCNc1ccc([N+](=O)[O-])c(C)n1. The van der Waals surface area contributed by atoms with Crippen LogP contribution in [-0.4, -0.2) is 29.5 Å². The molecule has 0 aromatic carbocycles. The van der Waals surface area contributed by atoms with Crippen molar-refractivity contribution in [2.75, 3.05) is 25.0 Å². The Kier molecular flexibility index (Phi) is 5.35. The molecule has 0 spiro atoms. The third kappa shape index (κ3) is 4.36. The van der Waals surface area contributed by atoms with Gasteiger partial charge in [0.25, 0.3) is 5.69 Å². The topological polar surface area (TPSA) is 80.1 Å². The first-order valence-corrected chi connectivity index (χ1v) is 5.71. The van der Waals surface area contributed by atoms with Gasteiger partial charge in [0.05, 0.1) is 4.92 Å². The van der Waals surface area contributed by atoms with Crippen LogP contribution in [0.2, 0.25) is 0 Å². The van der Waals surface area contributed by atoms with Gasteiger partial charge in [0, 0.05) is 12.6 Å². The second kappa shape index (κ2) is 6.80. The summed E-state index contributed by atoms with van der Waals surface area (Å²) in [5.41, 5.74) is 0.495. The maximum Gasteiger partial charge on any atom is 0.290 e. The Morgan fingerprint density at radius 2 is 2.18 bits per heavy atom. The molecular weight excluding hydrogens is 220 g/mol. The van der Waals surface area contributed by atoms with Crippen LogP contribution in [0.3, 0.4) is 0 Å². The predicted molar refractivity (Wildman–Crippen MR) is 67.3 cm³/mol. The monoisotopic (exact) mass is 238 g/mol. The van der Waals surface area contributed by atoms with Crippen molar-refractivity contribution in [2.24, 2.45) is 0 Å². The van der Waals surface area contributed by atoms with E-state index in [1.165, 1.54) is 6.07 Å². The molecule has 1 aromatic rings. The van der Waals surface area contributed by atoms with Gasteiger partial charge in [-0.1, -0.05) is 6.92 Å². The van der Waals surface area contributed by atoms with E-state index < -0.39 is 4.92 Å². The highest BCUT2D eigenvalue weighted by atomic mass is 16.6. The largest absolute Gasteiger partial charge is 0.370 e. The molecule has 2 N–H and O–H groups in total. The summed E-state index contributed by atoms with van der Waals surface area (Å²) >= 11 is 0. The minimum atomic E-state index is -0.419. The summed E-state index contributed by atoms with van der Waals surface area (Å²) < 4.78 is 0. The van der Waals surface area contributed by atoms with Crippen molar-refractivity contribution in [1.29, 1.82) is 0 Å². The van der Waals surface area contributed by atoms with Crippen LogP contribution in [0.4, 0.5) is 11.5 Å². The number of aromatic nitrogens is 1. The molecule has 1 aromatic heterocycles. The van der Waals surface area contributed by atoms with Crippen LogP contribution in [0.1, 0.15) is 19.0 Å². The van der Waals surface area contributed by atoms with Gasteiger partial charge in [-0.15, -0.1) is 0 Å². The first kappa shape index (κ1) is 13.4. The summed E-state index contributed by atoms with van der Waals surface area (Å²) in [6.07, 6.45) is 0.992. The molecule has 0 atom stereocenters. The van der Waals surface area contributed by atoms with E-state index in [1.807, 2.05) is 0 Å². The van der Waals surface area contributed by atoms with Gasteiger partial charge in [-0.2, -0.15) is 0 Å². The lowest BCUT2D eigenvalue weighted by Crippen LogP contribution is -2.17. The zero-order valence-corrected chi connectivity index (χ0v) is 10.2. The minimum absolute atomic E-state index is 0.0585. The number of anilines is 1. The maximum atomic E-state index is 10.6. The lowest BCUT2D eigenvalue weighted by molar-refractivity contribution is -0.385. The first-order chi connectivity index (χ1) is 8.15. The number of hydrogen-bond donors (Lipinski definition) is 2. The van der Waals surface area contributed by atoms with Gasteiger partial charge in [0.15, 0.2) is 0 Å². The average molecular weight is 238 g/mol. The zero-order chi connectivity index (χ0) is 12.7. The molecule has 0 unspecified atom stereocenters. The van der Waals surface area contributed by atoms with Crippen LogP contribution in [0, 0.1) is 17.0 Å². The van der Waals surface area contributed by atoms with Crippen molar-refractivity contribution in [3.63, 3.8) is 0 Å². The molecule has 94 valence electrons. The molecule has 0 aliphatic rings. The number of hydrogen-bond acceptors (Lipinski definition) is 5. The van der Waals surface area contributed by atoms with E-state index in [0.29, 0.717) is 11.5 Å². The van der Waals surface area contributed by atoms with Gasteiger partial charge >= 0.3 is 0 Å². The van der Waals surface area contributed by atoms with Crippen molar-refractivity contribution in [3.05, 3.63) is 27.9 Å². The highest BCUT2D eigenvalue weighted by molar-refractivity contribution is 5.44. The highest BCUT2D eigenvalue weighted by Gasteiger charge is 2.11. The molecule has 0 fully saturated rings. The summed E-state index contributed by atoms with van der Waals surface area (Å²) in [4.78, 5) is 14.3. The Morgan fingerprint density at radius 1 is 1.41 bits per heavy atom. The normalized spacial score (nSPS) is 10.2. The fourth-order valence-corrected chi connectivity index (χ4v) is 1.45. The fourth-order valence-electron chi connectivity index (χ4n) is 1.45. The summed E-state index contributed by atoms with van der Waals surface area (Å²) in [5, 5.41) is 17.0. The van der Waals surface area contributed by atoms with E-state index in [-0.39, 0.29) is 5.69 Å². The molecule has 6 nitrogen and oxygen atoms in total. The van der Waals surface area contributed by atoms with Gasteiger partial charge in [-0.3, -0.25) is 10.1 Å². The summed E-state index contributed by atoms with van der Waals surface area (Å²) in [7, 11) is 0. The Labute approximate surface area is 101 Å². The van der Waals surface area contributed by atoms with E-state index in [9.17, 15) is 10.1 Å². The van der Waals surface area contributed by atoms with E-state index in [0.717, 1.165) is 26.1 Å². The second-order valence-electron chi connectivity index (χ2n) is 3.69. The van der Waals surface area contributed by atoms with Gasteiger partial charge in [0.2, 0.25) is 0 Å². The molecule has 17 heavy (non-hydrogen) atoms. The Morgan fingerprint density at radius 3 is 2.76 bits per heavy atom. The summed E-state index contributed by atoms with van der Waals surface area (Å²) in [6, 6.07) is 3.12. The molecule has 1 heterocycles. The van der Waals surface area contributed by atoms with E-state index in [4.69, 9.17) is 0 Å². The Bertz CT molecular complexity index is 382. The van der Waals surface area contributed by atoms with Crippen molar-refractivity contribution in [2.45, 2.75) is 20.3 Å². The van der Waals surface area contributed by atoms with Gasteiger partial charge in [0.1, 0.15) is 11.5 Å². The van der Waals surface area contributed by atoms with Crippen LogP contribution >= 0.6 is 0 Å². The van der Waals surface area contributed by atoms with Gasteiger partial charge in [-0.05, 0) is 32.5 Å². The Hall–Kier alpha value is -1.69. The van der Waals surface area contributed by atoms with Crippen molar-refractivity contribution in [3.8, 4) is 0 Å².